The number of anilines is 3. The number of aryl methyl sites for hydroxylation is 1. The maximum atomic E-state index is 13.1. The smallest absolute Gasteiger partial charge is 0.261 e. The molecule has 1 fully saturated rings. The summed E-state index contributed by atoms with van der Waals surface area (Å²) in [4.78, 5) is 17.0. The molecule has 1 heterocycles. The summed E-state index contributed by atoms with van der Waals surface area (Å²) in [6.45, 7) is 9.93. The van der Waals surface area contributed by atoms with Gasteiger partial charge >= 0.3 is 0 Å². The fraction of sp³-hybridized carbons (Fsp3) is 0.458. The Bertz CT molecular complexity index is 1110. The third-order valence-electron chi connectivity index (χ3n) is 6.32. The largest absolute Gasteiger partial charge is 0.372 e. The van der Waals surface area contributed by atoms with Gasteiger partial charge in [0.2, 0.25) is 5.91 Å². The standard InChI is InChI=1S/C24H31N3O3S/c1-5-26(6-2)20-9-11-22(16(3)13-20)25-31(29,30)21-10-12-23-19(15-21)14-17(4)27(23)24(28)18-7-8-18/h9-13,15,17-18,25H,5-8,14H2,1-4H3. The summed E-state index contributed by atoms with van der Waals surface area (Å²) in [5.41, 5.74) is 4.30. The van der Waals surface area contributed by atoms with Crippen LogP contribution in [-0.2, 0) is 21.2 Å². The zero-order chi connectivity index (χ0) is 22.3. The van der Waals surface area contributed by atoms with Crippen molar-refractivity contribution in [3.05, 3.63) is 47.5 Å². The molecule has 1 unspecified atom stereocenters. The Kier molecular flexibility index (Phi) is 5.73. The van der Waals surface area contributed by atoms with Crippen LogP contribution in [0.4, 0.5) is 17.1 Å². The van der Waals surface area contributed by atoms with Gasteiger partial charge in [-0.15, -0.1) is 0 Å². The summed E-state index contributed by atoms with van der Waals surface area (Å²) < 4.78 is 28.9. The molecule has 1 amide bonds. The number of nitrogens with zero attached hydrogens (tertiary/aromatic N) is 2. The number of hydrogen-bond donors (Lipinski definition) is 1. The Morgan fingerprint density at radius 3 is 2.45 bits per heavy atom. The van der Waals surface area contributed by atoms with E-state index in [1.54, 1.807) is 18.2 Å². The van der Waals surface area contributed by atoms with Crippen molar-refractivity contribution in [2.24, 2.45) is 5.92 Å². The number of rotatable bonds is 7. The molecule has 4 rings (SSSR count). The number of amides is 1. The van der Waals surface area contributed by atoms with Gasteiger partial charge in [-0.25, -0.2) is 8.42 Å². The molecule has 31 heavy (non-hydrogen) atoms. The van der Waals surface area contributed by atoms with Gasteiger partial charge in [-0.1, -0.05) is 0 Å². The molecule has 166 valence electrons. The van der Waals surface area contributed by atoms with E-state index in [9.17, 15) is 13.2 Å². The first kappa shape index (κ1) is 21.7. The average Bonchev–Trinajstić information content (AvgIpc) is 3.52. The molecule has 0 bridgehead atoms. The molecule has 0 spiro atoms. The highest BCUT2D eigenvalue weighted by atomic mass is 32.2. The average molecular weight is 442 g/mol. The van der Waals surface area contributed by atoms with Gasteiger partial charge in [0, 0.05) is 36.4 Å². The molecule has 0 saturated heterocycles. The first-order valence-electron chi connectivity index (χ1n) is 11.1. The van der Waals surface area contributed by atoms with Crippen molar-refractivity contribution in [3.8, 4) is 0 Å². The molecule has 0 radical (unpaired) electrons. The lowest BCUT2D eigenvalue weighted by Gasteiger charge is -2.23. The topological polar surface area (TPSA) is 69.7 Å². The second-order valence-electron chi connectivity index (χ2n) is 8.60. The van der Waals surface area contributed by atoms with Crippen LogP contribution >= 0.6 is 0 Å². The van der Waals surface area contributed by atoms with Gasteiger partial charge in [-0.05, 0) is 94.5 Å². The number of nitrogens with one attached hydrogen (secondary N) is 1. The summed E-state index contributed by atoms with van der Waals surface area (Å²) in [6, 6.07) is 10.9. The predicted octanol–water partition coefficient (Wildman–Crippen LogP) is 4.33. The van der Waals surface area contributed by atoms with E-state index in [0.29, 0.717) is 12.1 Å². The highest BCUT2D eigenvalue weighted by Crippen LogP contribution is 2.39. The monoisotopic (exact) mass is 441 g/mol. The normalized spacial score (nSPS) is 18.1. The zero-order valence-electron chi connectivity index (χ0n) is 18.7. The Labute approximate surface area is 185 Å². The summed E-state index contributed by atoms with van der Waals surface area (Å²) in [5.74, 6) is 0.310. The van der Waals surface area contributed by atoms with Crippen molar-refractivity contribution in [2.75, 3.05) is 27.6 Å². The quantitative estimate of drug-likeness (QED) is 0.694. The fourth-order valence-corrected chi connectivity index (χ4v) is 5.57. The van der Waals surface area contributed by atoms with Crippen molar-refractivity contribution in [1.29, 1.82) is 0 Å². The highest BCUT2D eigenvalue weighted by molar-refractivity contribution is 7.92. The first-order chi connectivity index (χ1) is 14.7. The van der Waals surface area contributed by atoms with E-state index < -0.39 is 10.0 Å². The highest BCUT2D eigenvalue weighted by Gasteiger charge is 2.39. The van der Waals surface area contributed by atoms with Crippen molar-refractivity contribution >= 4 is 33.0 Å². The van der Waals surface area contributed by atoms with E-state index >= 15 is 0 Å². The summed E-state index contributed by atoms with van der Waals surface area (Å²) in [6.07, 6.45) is 2.59. The van der Waals surface area contributed by atoms with Crippen LogP contribution in [0.5, 0.6) is 0 Å². The van der Waals surface area contributed by atoms with Gasteiger partial charge in [0.05, 0.1) is 10.6 Å². The third-order valence-corrected chi connectivity index (χ3v) is 7.69. The van der Waals surface area contributed by atoms with Crippen molar-refractivity contribution in [2.45, 2.75) is 57.9 Å². The van der Waals surface area contributed by atoms with E-state index in [1.165, 1.54) is 0 Å². The van der Waals surface area contributed by atoms with Crippen molar-refractivity contribution in [1.82, 2.24) is 0 Å². The number of carbonyl (C=O) groups is 1. The van der Waals surface area contributed by atoms with E-state index in [4.69, 9.17) is 0 Å². The number of hydrogen-bond acceptors (Lipinski definition) is 4. The molecule has 2 aromatic carbocycles. The second kappa shape index (κ2) is 8.19. The molecular weight excluding hydrogens is 410 g/mol. The fourth-order valence-electron chi connectivity index (χ4n) is 4.39. The second-order valence-corrected chi connectivity index (χ2v) is 10.3. The Morgan fingerprint density at radius 1 is 1.13 bits per heavy atom. The molecule has 2 aromatic rings. The molecule has 0 aromatic heterocycles. The van der Waals surface area contributed by atoms with Crippen molar-refractivity contribution in [3.63, 3.8) is 0 Å². The van der Waals surface area contributed by atoms with Gasteiger partial charge in [-0.2, -0.15) is 0 Å². The van der Waals surface area contributed by atoms with Gasteiger partial charge < -0.3 is 9.80 Å². The molecule has 1 aliphatic carbocycles. The van der Waals surface area contributed by atoms with E-state index in [-0.39, 0.29) is 22.8 Å². The minimum absolute atomic E-state index is 0.0591. The number of benzene rings is 2. The van der Waals surface area contributed by atoms with Gasteiger partial charge in [0.25, 0.3) is 10.0 Å². The lowest BCUT2D eigenvalue weighted by atomic mass is 10.1. The molecule has 6 nitrogen and oxygen atoms in total. The zero-order valence-corrected chi connectivity index (χ0v) is 19.5. The van der Waals surface area contributed by atoms with Gasteiger partial charge in [0.15, 0.2) is 0 Å². The van der Waals surface area contributed by atoms with Crippen LogP contribution in [0.15, 0.2) is 41.3 Å². The molecule has 1 N–H and O–H groups in total. The molecule has 1 saturated carbocycles. The molecular formula is C24H31N3O3S. The molecule has 1 aliphatic heterocycles. The Balaban J connectivity index is 1.58. The summed E-state index contributed by atoms with van der Waals surface area (Å²) in [7, 11) is -3.73. The third kappa shape index (κ3) is 4.15. The summed E-state index contributed by atoms with van der Waals surface area (Å²) >= 11 is 0. The molecule has 7 heteroatoms. The number of sulfonamides is 1. The van der Waals surface area contributed by atoms with Gasteiger partial charge in [0.1, 0.15) is 0 Å². The van der Waals surface area contributed by atoms with Crippen LogP contribution in [0.3, 0.4) is 0 Å². The molecule has 2 aliphatic rings. The van der Waals surface area contributed by atoms with E-state index in [1.807, 2.05) is 36.9 Å². The number of carbonyl (C=O) groups excluding carboxylic acids is 1. The lowest BCUT2D eigenvalue weighted by molar-refractivity contribution is -0.120. The minimum Gasteiger partial charge on any atom is -0.372 e. The lowest BCUT2D eigenvalue weighted by Crippen LogP contribution is -2.36. The predicted molar refractivity (Wildman–Crippen MR) is 125 cm³/mol. The molecule has 1 atom stereocenters. The Morgan fingerprint density at radius 2 is 1.84 bits per heavy atom. The van der Waals surface area contributed by atoms with Gasteiger partial charge in [-0.3, -0.25) is 9.52 Å². The van der Waals surface area contributed by atoms with E-state index in [0.717, 1.165) is 48.4 Å². The first-order valence-corrected chi connectivity index (χ1v) is 12.6. The van der Waals surface area contributed by atoms with Crippen molar-refractivity contribution < 1.29 is 13.2 Å². The van der Waals surface area contributed by atoms with Crippen LogP contribution in [0, 0.1) is 12.8 Å². The van der Waals surface area contributed by atoms with Crippen LogP contribution in [0.1, 0.15) is 44.7 Å². The Hall–Kier alpha value is -2.54. The SMILES string of the molecule is CCN(CC)c1ccc(NS(=O)(=O)c2ccc3c(c2)CC(C)N3C(=O)C2CC2)c(C)c1. The van der Waals surface area contributed by atoms with Crippen LogP contribution < -0.4 is 14.5 Å². The summed E-state index contributed by atoms with van der Waals surface area (Å²) in [5, 5.41) is 0. The van der Waals surface area contributed by atoms with E-state index in [2.05, 4.69) is 23.5 Å². The van der Waals surface area contributed by atoms with Crippen LogP contribution in [0.25, 0.3) is 0 Å². The minimum atomic E-state index is -3.73. The van der Waals surface area contributed by atoms with Crippen LogP contribution in [-0.4, -0.2) is 33.5 Å². The number of fused-ring (bicyclic) bond motifs is 1. The van der Waals surface area contributed by atoms with Crippen LogP contribution in [0.2, 0.25) is 0 Å². The maximum Gasteiger partial charge on any atom is 0.261 e. The maximum absolute atomic E-state index is 13.1.